The zero-order chi connectivity index (χ0) is 13.1. The molecule has 0 aliphatic carbocycles. The zero-order valence-corrected chi connectivity index (χ0v) is 11.1. The van der Waals surface area contributed by atoms with Crippen LogP contribution in [0.25, 0.3) is 0 Å². The molecule has 0 atom stereocenters. The summed E-state index contributed by atoms with van der Waals surface area (Å²) >= 11 is 0. The van der Waals surface area contributed by atoms with Gasteiger partial charge >= 0.3 is 0 Å². The van der Waals surface area contributed by atoms with E-state index in [1.54, 1.807) is 13.3 Å². The van der Waals surface area contributed by atoms with Crippen molar-refractivity contribution in [3.8, 4) is 5.88 Å². The van der Waals surface area contributed by atoms with E-state index >= 15 is 0 Å². The van der Waals surface area contributed by atoms with Gasteiger partial charge in [0.2, 0.25) is 5.88 Å². The number of hydrogen-bond donors (Lipinski definition) is 1. The number of methoxy groups -OCH3 is 1. The summed E-state index contributed by atoms with van der Waals surface area (Å²) in [6.45, 7) is 3.33. The molecule has 1 heterocycles. The van der Waals surface area contributed by atoms with Crippen molar-refractivity contribution >= 4 is 0 Å². The van der Waals surface area contributed by atoms with Gasteiger partial charge in [0.1, 0.15) is 6.61 Å². The van der Waals surface area contributed by atoms with Crippen LogP contribution in [-0.2, 0) is 16.0 Å². The molecule has 0 radical (unpaired) electrons. The first kappa shape index (κ1) is 14.9. The highest BCUT2D eigenvalue weighted by molar-refractivity contribution is 5.20. The van der Waals surface area contributed by atoms with E-state index in [4.69, 9.17) is 14.2 Å². The summed E-state index contributed by atoms with van der Waals surface area (Å²) in [5, 5.41) is 3.09. The van der Waals surface area contributed by atoms with Crippen LogP contribution in [-0.4, -0.2) is 45.6 Å². The molecule has 0 aliphatic rings. The zero-order valence-electron chi connectivity index (χ0n) is 11.1. The minimum Gasteiger partial charge on any atom is -0.475 e. The molecule has 0 amide bonds. The lowest BCUT2D eigenvalue weighted by atomic mass is 10.3. The first-order valence-electron chi connectivity index (χ1n) is 6.16. The fourth-order valence-corrected chi connectivity index (χ4v) is 1.46. The van der Waals surface area contributed by atoms with Gasteiger partial charge in [0.25, 0.3) is 0 Å². The van der Waals surface area contributed by atoms with Gasteiger partial charge in [0.05, 0.1) is 6.61 Å². The average Bonchev–Trinajstić information content (AvgIpc) is 2.39. The van der Waals surface area contributed by atoms with Crippen LogP contribution in [0.4, 0.5) is 0 Å². The van der Waals surface area contributed by atoms with Crippen molar-refractivity contribution in [3.05, 3.63) is 23.9 Å². The maximum atomic E-state index is 5.50. The highest BCUT2D eigenvalue weighted by Crippen LogP contribution is 2.08. The number of ether oxygens (including phenoxy) is 3. The first-order chi connectivity index (χ1) is 8.86. The van der Waals surface area contributed by atoms with Gasteiger partial charge in [-0.25, -0.2) is 4.98 Å². The normalized spacial score (nSPS) is 10.6. The minimum atomic E-state index is 0.517. The van der Waals surface area contributed by atoms with Crippen LogP contribution in [0.1, 0.15) is 12.0 Å². The van der Waals surface area contributed by atoms with Gasteiger partial charge in [-0.15, -0.1) is 0 Å². The van der Waals surface area contributed by atoms with Crippen molar-refractivity contribution in [2.45, 2.75) is 13.0 Å². The summed E-state index contributed by atoms with van der Waals surface area (Å²) in [7, 11) is 3.60. The summed E-state index contributed by atoms with van der Waals surface area (Å²) in [5.41, 5.74) is 1.16. The van der Waals surface area contributed by atoms with E-state index in [2.05, 4.69) is 10.3 Å². The summed E-state index contributed by atoms with van der Waals surface area (Å²) in [5.74, 6) is 0.642. The molecule has 0 bridgehead atoms. The average molecular weight is 254 g/mol. The highest BCUT2D eigenvalue weighted by Gasteiger charge is 1.98. The first-order valence-corrected chi connectivity index (χ1v) is 6.16. The van der Waals surface area contributed by atoms with E-state index in [0.29, 0.717) is 25.7 Å². The second-order valence-electron chi connectivity index (χ2n) is 3.84. The monoisotopic (exact) mass is 254 g/mol. The lowest BCUT2D eigenvalue weighted by molar-refractivity contribution is 0.0795. The molecule has 5 nitrogen and oxygen atoms in total. The van der Waals surface area contributed by atoms with Crippen molar-refractivity contribution in [2.75, 3.05) is 40.6 Å². The van der Waals surface area contributed by atoms with Crippen molar-refractivity contribution in [1.29, 1.82) is 0 Å². The molecule has 1 N–H and O–H groups in total. The van der Waals surface area contributed by atoms with Gasteiger partial charge in [0.15, 0.2) is 0 Å². The Morgan fingerprint density at radius 1 is 1.22 bits per heavy atom. The fourth-order valence-electron chi connectivity index (χ4n) is 1.46. The fraction of sp³-hybridized carbons (Fsp3) is 0.615. The number of rotatable bonds is 10. The molecule has 0 unspecified atom stereocenters. The van der Waals surface area contributed by atoms with E-state index in [0.717, 1.165) is 25.1 Å². The maximum Gasteiger partial charge on any atom is 0.213 e. The lowest BCUT2D eigenvalue weighted by Gasteiger charge is -2.07. The van der Waals surface area contributed by atoms with E-state index in [9.17, 15) is 0 Å². The highest BCUT2D eigenvalue weighted by atomic mass is 16.5. The van der Waals surface area contributed by atoms with E-state index in [-0.39, 0.29) is 0 Å². The Balaban J connectivity index is 2.13. The summed E-state index contributed by atoms with van der Waals surface area (Å²) in [4.78, 5) is 4.14. The van der Waals surface area contributed by atoms with E-state index in [1.807, 2.05) is 19.2 Å². The standard InChI is InChI=1S/C13H22N2O3/c1-14-11-12-4-5-15-13(10-12)18-9-8-17-7-3-6-16-2/h4-5,10,14H,3,6-9,11H2,1-2H3. The topological polar surface area (TPSA) is 52.6 Å². The Morgan fingerprint density at radius 2 is 2.11 bits per heavy atom. The quantitative estimate of drug-likeness (QED) is 0.637. The van der Waals surface area contributed by atoms with Gasteiger partial charge in [-0.05, 0) is 25.1 Å². The SMILES string of the molecule is CNCc1ccnc(OCCOCCCOC)c1. The summed E-state index contributed by atoms with van der Waals surface area (Å²) in [6, 6.07) is 3.89. The third-order valence-electron chi connectivity index (χ3n) is 2.29. The van der Waals surface area contributed by atoms with Crippen LogP contribution < -0.4 is 10.1 Å². The van der Waals surface area contributed by atoms with Gasteiger partial charge in [0, 0.05) is 39.1 Å². The molecule has 0 aromatic carbocycles. The molecular weight excluding hydrogens is 232 g/mol. The van der Waals surface area contributed by atoms with Gasteiger partial charge in [-0.1, -0.05) is 0 Å². The summed E-state index contributed by atoms with van der Waals surface area (Å²) < 4.78 is 15.8. The van der Waals surface area contributed by atoms with E-state index < -0.39 is 0 Å². The lowest BCUT2D eigenvalue weighted by Crippen LogP contribution is -2.10. The number of aromatic nitrogens is 1. The molecule has 0 spiro atoms. The minimum absolute atomic E-state index is 0.517. The molecule has 18 heavy (non-hydrogen) atoms. The van der Waals surface area contributed by atoms with Crippen molar-refractivity contribution in [2.24, 2.45) is 0 Å². The Kier molecular flexibility index (Phi) is 8.12. The Hall–Kier alpha value is -1.17. The molecule has 0 aliphatic heterocycles. The molecule has 1 aromatic rings. The van der Waals surface area contributed by atoms with Crippen LogP contribution in [0, 0.1) is 0 Å². The predicted molar refractivity (Wildman–Crippen MR) is 69.8 cm³/mol. The van der Waals surface area contributed by atoms with Crippen molar-refractivity contribution < 1.29 is 14.2 Å². The second-order valence-corrected chi connectivity index (χ2v) is 3.84. The Labute approximate surface area is 108 Å². The number of pyridine rings is 1. The Bertz CT molecular complexity index is 321. The van der Waals surface area contributed by atoms with Gasteiger partial charge in [-0.3, -0.25) is 0 Å². The molecule has 0 fully saturated rings. The van der Waals surface area contributed by atoms with Crippen LogP contribution in [0.2, 0.25) is 0 Å². The smallest absolute Gasteiger partial charge is 0.213 e. The molecule has 1 rings (SSSR count). The molecule has 102 valence electrons. The molecular formula is C13H22N2O3. The third-order valence-corrected chi connectivity index (χ3v) is 2.29. The second kappa shape index (κ2) is 9.82. The number of nitrogens with one attached hydrogen (secondary N) is 1. The van der Waals surface area contributed by atoms with Crippen LogP contribution in [0.3, 0.4) is 0 Å². The number of nitrogens with zero attached hydrogens (tertiary/aromatic N) is 1. The molecule has 5 heteroatoms. The van der Waals surface area contributed by atoms with Crippen LogP contribution in [0.5, 0.6) is 5.88 Å². The van der Waals surface area contributed by atoms with Gasteiger partial charge in [-0.2, -0.15) is 0 Å². The Morgan fingerprint density at radius 3 is 2.89 bits per heavy atom. The maximum absolute atomic E-state index is 5.50. The number of hydrogen-bond acceptors (Lipinski definition) is 5. The summed E-state index contributed by atoms with van der Waals surface area (Å²) in [6.07, 6.45) is 2.66. The molecule has 0 saturated carbocycles. The predicted octanol–water partition coefficient (Wildman–Crippen LogP) is 1.23. The van der Waals surface area contributed by atoms with Crippen molar-refractivity contribution in [1.82, 2.24) is 10.3 Å². The molecule has 0 saturated heterocycles. The molecule has 1 aromatic heterocycles. The van der Waals surface area contributed by atoms with Crippen LogP contribution >= 0.6 is 0 Å². The van der Waals surface area contributed by atoms with Crippen molar-refractivity contribution in [3.63, 3.8) is 0 Å². The van der Waals surface area contributed by atoms with E-state index in [1.165, 1.54) is 0 Å². The largest absolute Gasteiger partial charge is 0.475 e. The van der Waals surface area contributed by atoms with Crippen LogP contribution in [0.15, 0.2) is 18.3 Å². The van der Waals surface area contributed by atoms with Gasteiger partial charge < -0.3 is 19.5 Å². The third kappa shape index (κ3) is 6.54.